The molecule has 5 heteroatoms. The summed E-state index contributed by atoms with van der Waals surface area (Å²) in [7, 11) is 0. The van der Waals surface area contributed by atoms with Crippen molar-refractivity contribution in [2.24, 2.45) is 5.73 Å². The predicted octanol–water partition coefficient (Wildman–Crippen LogP) is 1.48. The smallest absolute Gasteiger partial charge is 0.320 e. The molecule has 0 aliphatic rings. The highest BCUT2D eigenvalue weighted by Crippen LogP contribution is 2.16. The molecule has 0 aromatic carbocycles. The average molecular weight is 275 g/mol. The lowest BCUT2D eigenvalue weighted by atomic mass is 10.2. The van der Waals surface area contributed by atoms with E-state index in [1.807, 2.05) is 23.8 Å². The zero-order chi connectivity index (χ0) is 13.7. The molecule has 0 saturated carbocycles. The number of aromatic nitrogens is 2. The number of thiophene rings is 1. The fourth-order valence-electron chi connectivity index (χ4n) is 1.86. The minimum atomic E-state index is 0.0352. The van der Waals surface area contributed by atoms with E-state index >= 15 is 0 Å². The van der Waals surface area contributed by atoms with Crippen LogP contribution in [0.2, 0.25) is 0 Å². The first-order valence-corrected chi connectivity index (χ1v) is 7.15. The van der Waals surface area contributed by atoms with Crippen LogP contribution in [-0.4, -0.2) is 15.7 Å². The van der Waals surface area contributed by atoms with Crippen molar-refractivity contribution in [3.63, 3.8) is 0 Å². The van der Waals surface area contributed by atoms with Crippen LogP contribution in [0.1, 0.15) is 23.8 Å². The van der Waals surface area contributed by atoms with Gasteiger partial charge < -0.3 is 5.73 Å². The van der Waals surface area contributed by atoms with E-state index in [4.69, 9.17) is 5.73 Å². The van der Waals surface area contributed by atoms with Gasteiger partial charge >= 0.3 is 5.69 Å². The lowest BCUT2D eigenvalue weighted by Crippen LogP contribution is -2.24. The summed E-state index contributed by atoms with van der Waals surface area (Å²) in [5.41, 5.74) is 6.38. The van der Waals surface area contributed by atoms with Crippen LogP contribution < -0.4 is 11.4 Å². The minimum Gasteiger partial charge on any atom is -0.320 e. The van der Waals surface area contributed by atoms with Crippen LogP contribution in [0.15, 0.2) is 28.6 Å². The molecule has 4 nitrogen and oxygen atoms in total. The van der Waals surface area contributed by atoms with Crippen LogP contribution in [-0.2, 0) is 13.1 Å². The van der Waals surface area contributed by atoms with Gasteiger partial charge in [-0.3, -0.25) is 9.13 Å². The van der Waals surface area contributed by atoms with E-state index in [0.717, 1.165) is 23.4 Å². The van der Waals surface area contributed by atoms with Gasteiger partial charge in [0, 0.05) is 29.4 Å². The number of nitrogens with two attached hydrogens (primary N) is 1. The van der Waals surface area contributed by atoms with E-state index < -0.39 is 0 Å². The Morgan fingerprint density at radius 1 is 1.37 bits per heavy atom. The summed E-state index contributed by atoms with van der Waals surface area (Å²) in [5, 5.41) is 1.99. The van der Waals surface area contributed by atoms with Gasteiger partial charge in [-0.15, -0.1) is 11.3 Å². The maximum Gasteiger partial charge on any atom is 0.328 e. The molecule has 0 radical (unpaired) electrons. The highest BCUT2D eigenvalue weighted by Gasteiger charge is 2.07. The quantitative estimate of drug-likeness (QED) is 0.859. The zero-order valence-electron chi connectivity index (χ0n) is 10.9. The Balaban J connectivity index is 2.22. The number of hydrogen-bond donors (Lipinski definition) is 1. The number of imidazole rings is 1. The molecule has 0 bridgehead atoms. The molecule has 2 N–H and O–H groups in total. The first-order valence-electron chi connectivity index (χ1n) is 6.27. The van der Waals surface area contributed by atoms with E-state index in [0.29, 0.717) is 13.1 Å². The number of aryl methyl sites for hydroxylation is 1. The fourth-order valence-corrected chi connectivity index (χ4v) is 2.69. The van der Waals surface area contributed by atoms with Crippen LogP contribution in [0, 0.1) is 11.8 Å². The van der Waals surface area contributed by atoms with Gasteiger partial charge in [-0.2, -0.15) is 0 Å². The average Bonchev–Trinajstić information content (AvgIpc) is 2.98. The second-order valence-electron chi connectivity index (χ2n) is 4.17. The monoisotopic (exact) mass is 275 g/mol. The Hall–Kier alpha value is -1.77. The Labute approximate surface area is 116 Å². The molecule has 100 valence electrons. The van der Waals surface area contributed by atoms with Crippen molar-refractivity contribution >= 4 is 11.3 Å². The van der Waals surface area contributed by atoms with Crippen molar-refractivity contribution in [1.82, 2.24) is 9.13 Å². The van der Waals surface area contributed by atoms with E-state index in [2.05, 4.69) is 18.8 Å². The van der Waals surface area contributed by atoms with Crippen LogP contribution in [0.5, 0.6) is 0 Å². The van der Waals surface area contributed by atoms with Gasteiger partial charge in [-0.05, 0) is 17.9 Å². The molecule has 0 aliphatic carbocycles. The van der Waals surface area contributed by atoms with Crippen molar-refractivity contribution in [1.29, 1.82) is 0 Å². The summed E-state index contributed by atoms with van der Waals surface area (Å²) in [4.78, 5) is 13.2. The molecule has 0 amide bonds. The van der Waals surface area contributed by atoms with Crippen LogP contribution in [0.3, 0.4) is 0 Å². The van der Waals surface area contributed by atoms with E-state index in [9.17, 15) is 4.79 Å². The van der Waals surface area contributed by atoms with Crippen LogP contribution in [0.25, 0.3) is 0 Å². The fraction of sp³-hybridized carbons (Fsp3) is 0.357. The number of nitrogens with zero attached hydrogens (tertiary/aromatic N) is 2. The van der Waals surface area contributed by atoms with Crippen molar-refractivity contribution < 1.29 is 0 Å². The first kappa shape index (κ1) is 13.7. The van der Waals surface area contributed by atoms with E-state index in [1.165, 1.54) is 0 Å². The van der Waals surface area contributed by atoms with Gasteiger partial charge in [-0.1, -0.05) is 18.8 Å². The second-order valence-corrected chi connectivity index (χ2v) is 5.17. The van der Waals surface area contributed by atoms with Crippen molar-refractivity contribution in [2.75, 3.05) is 6.54 Å². The van der Waals surface area contributed by atoms with Gasteiger partial charge in [0.15, 0.2) is 0 Å². The third-order valence-corrected chi connectivity index (χ3v) is 3.67. The molecule has 0 unspecified atom stereocenters. The highest BCUT2D eigenvalue weighted by molar-refractivity contribution is 7.10. The molecule has 2 aromatic rings. The van der Waals surface area contributed by atoms with Crippen LogP contribution in [0.4, 0.5) is 0 Å². The zero-order valence-corrected chi connectivity index (χ0v) is 11.7. The number of rotatable bonds is 4. The van der Waals surface area contributed by atoms with E-state index in [-0.39, 0.29) is 5.69 Å². The van der Waals surface area contributed by atoms with E-state index in [1.54, 1.807) is 20.5 Å². The predicted molar refractivity (Wildman–Crippen MR) is 78.3 cm³/mol. The summed E-state index contributed by atoms with van der Waals surface area (Å²) in [6.07, 6.45) is 4.62. The van der Waals surface area contributed by atoms with Crippen molar-refractivity contribution in [3.8, 4) is 11.8 Å². The van der Waals surface area contributed by atoms with Gasteiger partial charge in [0.05, 0.1) is 13.1 Å². The third kappa shape index (κ3) is 3.16. The van der Waals surface area contributed by atoms with Gasteiger partial charge in [0.2, 0.25) is 0 Å². The topological polar surface area (TPSA) is 52.9 Å². The molecule has 19 heavy (non-hydrogen) atoms. The Morgan fingerprint density at radius 3 is 2.89 bits per heavy atom. The Kier molecular flexibility index (Phi) is 4.61. The molecule has 0 saturated heterocycles. The summed E-state index contributed by atoms with van der Waals surface area (Å²) < 4.78 is 3.45. The molecule has 2 heterocycles. The van der Waals surface area contributed by atoms with Gasteiger partial charge in [0.1, 0.15) is 0 Å². The SMILES string of the molecule is CCCn1ccn(Cc2sccc2C#CCN)c1=O. The molecule has 0 aliphatic heterocycles. The largest absolute Gasteiger partial charge is 0.328 e. The standard InChI is InChI=1S/C14H17N3OS/c1-2-7-16-8-9-17(14(16)18)11-13-12(4-3-6-15)5-10-19-13/h5,8-10H,2,6-7,11,15H2,1H3. The normalized spacial score (nSPS) is 10.2. The summed E-state index contributed by atoms with van der Waals surface area (Å²) in [5.74, 6) is 5.89. The lowest BCUT2D eigenvalue weighted by Gasteiger charge is -2.00. The van der Waals surface area contributed by atoms with Crippen molar-refractivity contribution in [3.05, 3.63) is 44.8 Å². The third-order valence-electron chi connectivity index (χ3n) is 2.77. The minimum absolute atomic E-state index is 0.0352. The second kappa shape index (κ2) is 6.41. The molecule has 0 atom stereocenters. The highest BCUT2D eigenvalue weighted by atomic mass is 32.1. The summed E-state index contributed by atoms with van der Waals surface area (Å²) >= 11 is 1.61. The Morgan fingerprint density at radius 2 is 2.16 bits per heavy atom. The molecule has 2 aromatic heterocycles. The lowest BCUT2D eigenvalue weighted by molar-refractivity contribution is 0.625. The Bertz CT molecular complexity index is 654. The summed E-state index contributed by atoms with van der Waals surface area (Å²) in [6, 6.07) is 1.97. The summed E-state index contributed by atoms with van der Waals surface area (Å²) in [6.45, 7) is 3.74. The van der Waals surface area contributed by atoms with Gasteiger partial charge in [-0.25, -0.2) is 4.79 Å². The van der Waals surface area contributed by atoms with Crippen LogP contribution >= 0.6 is 11.3 Å². The van der Waals surface area contributed by atoms with Gasteiger partial charge in [0.25, 0.3) is 0 Å². The number of hydrogen-bond acceptors (Lipinski definition) is 3. The molecular formula is C14H17N3OS. The molecule has 0 fully saturated rings. The maximum atomic E-state index is 12.1. The van der Waals surface area contributed by atoms with Crippen molar-refractivity contribution in [2.45, 2.75) is 26.4 Å². The maximum absolute atomic E-state index is 12.1. The molecule has 2 rings (SSSR count). The molecular weight excluding hydrogens is 258 g/mol. The first-order chi connectivity index (χ1) is 9.26. The molecule has 0 spiro atoms.